The molecule has 1 aromatic heterocycles. The predicted molar refractivity (Wildman–Crippen MR) is 50.5 cm³/mol. The summed E-state index contributed by atoms with van der Waals surface area (Å²) in [5, 5.41) is 9.25. The van der Waals surface area contributed by atoms with Gasteiger partial charge in [0.05, 0.1) is 18.3 Å². The van der Waals surface area contributed by atoms with E-state index in [9.17, 15) is 0 Å². The molecule has 0 spiro atoms. The van der Waals surface area contributed by atoms with E-state index in [0.29, 0.717) is 10.7 Å². The van der Waals surface area contributed by atoms with Crippen LogP contribution in [-0.2, 0) is 0 Å². The third-order valence-corrected chi connectivity index (χ3v) is 1.55. The number of nitrogens with two attached hydrogens (primary N) is 1. The summed E-state index contributed by atoms with van der Waals surface area (Å²) in [7, 11) is 0. The highest BCUT2D eigenvalue weighted by Gasteiger charge is 2.04. The van der Waals surface area contributed by atoms with Crippen LogP contribution >= 0.6 is 24.0 Å². The monoisotopic (exact) mass is 208 g/mol. The van der Waals surface area contributed by atoms with Gasteiger partial charge < -0.3 is 10.8 Å². The van der Waals surface area contributed by atoms with Crippen LogP contribution in [0.25, 0.3) is 0 Å². The number of pyridine rings is 1. The standard InChI is InChI=1S/C7H9ClN2O.ClH/c8-5-1-2-10-7(3-5)6(9)4-11;/h1-3,6,11H,4,9H2;1H/t6-;/m1./s1. The van der Waals surface area contributed by atoms with E-state index in [1.54, 1.807) is 18.3 Å². The molecule has 0 unspecified atom stereocenters. The SMILES string of the molecule is Cl.N[C@H](CO)c1cc(Cl)ccn1. The maximum atomic E-state index is 8.67. The van der Waals surface area contributed by atoms with Crippen molar-refractivity contribution >= 4 is 24.0 Å². The molecule has 0 aliphatic heterocycles. The third kappa shape index (κ3) is 2.95. The Balaban J connectivity index is 0.00000121. The molecule has 0 aromatic carbocycles. The largest absolute Gasteiger partial charge is 0.394 e. The van der Waals surface area contributed by atoms with Crippen molar-refractivity contribution in [1.29, 1.82) is 0 Å². The van der Waals surface area contributed by atoms with Crippen LogP contribution in [0.15, 0.2) is 18.3 Å². The first-order valence-corrected chi connectivity index (χ1v) is 3.59. The van der Waals surface area contributed by atoms with Crippen molar-refractivity contribution < 1.29 is 5.11 Å². The average Bonchev–Trinajstić information content (AvgIpc) is 2.03. The van der Waals surface area contributed by atoms with E-state index in [0.717, 1.165) is 0 Å². The van der Waals surface area contributed by atoms with Crippen molar-refractivity contribution in [2.75, 3.05) is 6.61 Å². The fourth-order valence-corrected chi connectivity index (χ4v) is 0.886. The van der Waals surface area contributed by atoms with Gasteiger partial charge in [-0.1, -0.05) is 11.6 Å². The van der Waals surface area contributed by atoms with E-state index in [1.165, 1.54) is 0 Å². The second kappa shape index (κ2) is 5.32. The summed E-state index contributed by atoms with van der Waals surface area (Å²) in [5.41, 5.74) is 6.10. The molecule has 0 fully saturated rings. The van der Waals surface area contributed by atoms with Gasteiger partial charge in [0.15, 0.2) is 0 Å². The van der Waals surface area contributed by atoms with Crippen LogP contribution in [-0.4, -0.2) is 16.7 Å². The quantitative estimate of drug-likeness (QED) is 0.767. The van der Waals surface area contributed by atoms with Crippen molar-refractivity contribution in [3.63, 3.8) is 0 Å². The molecule has 1 heterocycles. The van der Waals surface area contributed by atoms with Crippen LogP contribution in [0, 0.1) is 0 Å². The Hall–Kier alpha value is -0.350. The van der Waals surface area contributed by atoms with E-state index in [4.69, 9.17) is 22.4 Å². The van der Waals surface area contributed by atoms with E-state index in [2.05, 4.69) is 4.98 Å². The highest BCUT2D eigenvalue weighted by Crippen LogP contribution is 2.12. The lowest BCUT2D eigenvalue weighted by Crippen LogP contribution is -2.15. The third-order valence-electron chi connectivity index (χ3n) is 1.32. The molecule has 0 amide bonds. The van der Waals surface area contributed by atoms with Gasteiger partial charge in [-0.25, -0.2) is 0 Å². The summed E-state index contributed by atoms with van der Waals surface area (Å²) < 4.78 is 0. The van der Waals surface area contributed by atoms with Crippen LogP contribution in [0.2, 0.25) is 5.02 Å². The molecule has 1 aromatic rings. The van der Waals surface area contributed by atoms with E-state index in [1.807, 2.05) is 0 Å². The van der Waals surface area contributed by atoms with Crippen LogP contribution in [0.5, 0.6) is 0 Å². The van der Waals surface area contributed by atoms with Gasteiger partial charge in [0.2, 0.25) is 0 Å². The Labute approximate surface area is 82.0 Å². The molecule has 0 radical (unpaired) electrons. The van der Waals surface area contributed by atoms with E-state index < -0.39 is 6.04 Å². The highest BCUT2D eigenvalue weighted by atomic mass is 35.5. The number of aliphatic hydroxyl groups excluding tert-OH is 1. The van der Waals surface area contributed by atoms with Gasteiger partial charge in [-0.05, 0) is 12.1 Å². The minimum absolute atomic E-state index is 0. The van der Waals surface area contributed by atoms with Crippen molar-refractivity contribution in [2.45, 2.75) is 6.04 Å². The summed E-state index contributed by atoms with van der Waals surface area (Å²) in [6, 6.07) is 2.87. The van der Waals surface area contributed by atoms with Crippen molar-refractivity contribution in [3.05, 3.63) is 29.0 Å². The van der Waals surface area contributed by atoms with Crippen LogP contribution in [0.3, 0.4) is 0 Å². The molecule has 0 aliphatic carbocycles. The molecule has 5 heteroatoms. The van der Waals surface area contributed by atoms with Crippen molar-refractivity contribution in [2.24, 2.45) is 5.73 Å². The van der Waals surface area contributed by atoms with E-state index in [-0.39, 0.29) is 19.0 Å². The minimum atomic E-state index is -0.436. The number of rotatable bonds is 2. The van der Waals surface area contributed by atoms with Crippen LogP contribution in [0.4, 0.5) is 0 Å². The van der Waals surface area contributed by atoms with Gasteiger partial charge in [-0.2, -0.15) is 0 Å². The Bertz CT molecular complexity index is 245. The fraction of sp³-hybridized carbons (Fsp3) is 0.286. The average molecular weight is 209 g/mol. The second-order valence-corrected chi connectivity index (χ2v) is 2.62. The van der Waals surface area contributed by atoms with Gasteiger partial charge >= 0.3 is 0 Å². The molecule has 3 N–H and O–H groups in total. The lowest BCUT2D eigenvalue weighted by molar-refractivity contribution is 0.266. The van der Waals surface area contributed by atoms with E-state index >= 15 is 0 Å². The first-order valence-electron chi connectivity index (χ1n) is 3.22. The molecule has 0 saturated heterocycles. The zero-order chi connectivity index (χ0) is 8.27. The second-order valence-electron chi connectivity index (χ2n) is 2.19. The maximum absolute atomic E-state index is 8.67. The number of nitrogens with zero attached hydrogens (tertiary/aromatic N) is 1. The topological polar surface area (TPSA) is 59.1 Å². The number of aliphatic hydroxyl groups is 1. The Morgan fingerprint density at radius 2 is 2.33 bits per heavy atom. The van der Waals surface area contributed by atoms with Crippen molar-refractivity contribution in [3.8, 4) is 0 Å². The molecule has 0 bridgehead atoms. The van der Waals surface area contributed by atoms with Gasteiger partial charge in [0.1, 0.15) is 0 Å². The number of halogens is 2. The molecule has 12 heavy (non-hydrogen) atoms. The minimum Gasteiger partial charge on any atom is -0.394 e. The summed E-state index contributed by atoms with van der Waals surface area (Å²) in [4.78, 5) is 3.94. The summed E-state index contributed by atoms with van der Waals surface area (Å²) in [5.74, 6) is 0. The summed E-state index contributed by atoms with van der Waals surface area (Å²) in [6.45, 7) is -0.118. The zero-order valence-electron chi connectivity index (χ0n) is 6.27. The Morgan fingerprint density at radius 3 is 2.83 bits per heavy atom. The lowest BCUT2D eigenvalue weighted by Gasteiger charge is -2.06. The number of hydrogen-bond donors (Lipinski definition) is 2. The van der Waals surface area contributed by atoms with Gasteiger partial charge in [0.25, 0.3) is 0 Å². The highest BCUT2D eigenvalue weighted by molar-refractivity contribution is 6.30. The molecule has 0 saturated carbocycles. The predicted octanol–water partition coefficient (Wildman–Crippen LogP) is 1.15. The first kappa shape index (κ1) is 11.6. The fourth-order valence-electron chi connectivity index (χ4n) is 0.717. The maximum Gasteiger partial charge on any atom is 0.0705 e. The van der Waals surface area contributed by atoms with Crippen LogP contribution < -0.4 is 5.73 Å². The molecule has 68 valence electrons. The molecule has 1 atom stereocenters. The summed E-state index contributed by atoms with van der Waals surface area (Å²) >= 11 is 5.67. The molecular weight excluding hydrogens is 199 g/mol. The van der Waals surface area contributed by atoms with Crippen molar-refractivity contribution in [1.82, 2.24) is 4.98 Å². The molecule has 1 rings (SSSR count). The first-order chi connectivity index (χ1) is 5.24. The normalized spacial score (nSPS) is 11.9. The lowest BCUT2D eigenvalue weighted by atomic mass is 10.2. The summed E-state index contributed by atoms with van der Waals surface area (Å²) in [6.07, 6.45) is 1.56. The smallest absolute Gasteiger partial charge is 0.0705 e. The molecular formula is C7H10Cl2N2O. The molecule has 3 nitrogen and oxygen atoms in total. The zero-order valence-corrected chi connectivity index (χ0v) is 7.85. The van der Waals surface area contributed by atoms with Crippen LogP contribution in [0.1, 0.15) is 11.7 Å². The Morgan fingerprint density at radius 1 is 1.67 bits per heavy atom. The van der Waals surface area contributed by atoms with Gasteiger partial charge in [-0.15, -0.1) is 12.4 Å². The number of aromatic nitrogens is 1. The van der Waals surface area contributed by atoms with Gasteiger partial charge in [-0.3, -0.25) is 4.98 Å². The van der Waals surface area contributed by atoms with Gasteiger partial charge in [0, 0.05) is 11.2 Å². The number of hydrogen-bond acceptors (Lipinski definition) is 3. The Kier molecular flexibility index (Phi) is 5.17. The molecule has 0 aliphatic rings.